The van der Waals surface area contributed by atoms with Crippen molar-refractivity contribution in [2.24, 2.45) is 28.5 Å². The second kappa shape index (κ2) is 24.0. The molecule has 2 aromatic carbocycles. The van der Waals surface area contributed by atoms with E-state index in [4.69, 9.17) is 29.7 Å². The van der Waals surface area contributed by atoms with Crippen molar-refractivity contribution in [3.8, 4) is 40.6 Å². The molecule has 18 heteroatoms. The van der Waals surface area contributed by atoms with E-state index in [1.165, 1.54) is 25.0 Å². The van der Waals surface area contributed by atoms with Gasteiger partial charge in [0.15, 0.2) is 29.0 Å². The van der Waals surface area contributed by atoms with Crippen molar-refractivity contribution in [2.45, 2.75) is 152 Å². The average Bonchev–Trinajstić information content (AvgIpc) is 4.23. The minimum absolute atomic E-state index is 0.0113. The molecule has 2 saturated carbocycles. The fourth-order valence-electron chi connectivity index (χ4n) is 13.1. The van der Waals surface area contributed by atoms with Gasteiger partial charge in [-0.25, -0.2) is 0 Å². The van der Waals surface area contributed by atoms with Gasteiger partial charge in [0.2, 0.25) is 5.75 Å². The van der Waals surface area contributed by atoms with Crippen LogP contribution in [0.15, 0.2) is 108 Å². The molecule has 11 N–H and O–H groups in total. The number of aliphatic imine (C=N–C) groups is 1. The van der Waals surface area contributed by atoms with Crippen LogP contribution in [-0.4, -0.2) is 103 Å². The molecule has 5 aromatic rings. The fraction of sp³-hybridized carbons (Fsp3) is 0.492. The summed E-state index contributed by atoms with van der Waals surface area (Å²) in [6, 6.07) is 14.6. The SMILES string of the molecule is CC(=O)OC1CC(c2cc(O)c(O)c(OCCc3cccnc3)c2)OC(C2CC#CC3C(CCCC34NC(=NCCCC3=CCNC(N)=C3)NC(n3cc5cc[nH]c5c3)C4C(O)NC3CCCCC3)Oc3cc(ccc3O)C2)C1. The highest BCUT2D eigenvalue weighted by molar-refractivity contribution is 5.83. The molecular formula is C61H75N9O9. The number of guanidine groups is 1. The number of phenolic OH excluding ortho intramolecular Hbond substituents is 3. The number of dihydropyridines is 1. The van der Waals surface area contributed by atoms with Gasteiger partial charge in [0, 0.05) is 94.0 Å². The maximum atomic E-state index is 13.0. The Morgan fingerprint density at radius 2 is 1.92 bits per heavy atom. The Morgan fingerprint density at radius 3 is 2.75 bits per heavy atom. The molecule has 1 spiro atoms. The van der Waals surface area contributed by atoms with Gasteiger partial charge in [-0.3, -0.25) is 20.1 Å². The molecule has 4 aliphatic heterocycles. The van der Waals surface area contributed by atoms with E-state index in [-0.39, 0.29) is 41.6 Å². The first-order valence-corrected chi connectivity index (χ1v) is 28.4. The number of carbonyl (C=O) groups excluding carboxylic acids is 1. The molecule has 79 heavy (non-hydrogen) atoms. The Morgan fingerprint density at radius 1 is 1.04 bits per heavy atom. The molecule has 2 aliphatic carbocycles. The van der Waals surface area contributed by atoms with Crippen LogP contribution in [0.25, 0.3) is 10.9 Å². The van der Waals surface area contributed by atoms with E-state index in [0.29, 0.717) is 81.1 Å². The van der Waals surface area contributed by atoms with Crippen LogP contribution < -0.4 is 36.5 Å². The number of nitrogens with one attached hydrogen (secondary N) is 5. The number of allylic oxidation sites excluding steroid dienone is 2. The van der Waals surface area contributed by atoms with E-state index >= 15 is 0 Å². The number of hydrogen-bond acceptors (Lipinski definition) is 14. The predicted octanol–water partition coefficient (Wildman–Crippen LogP) is 7.52. The molecule has 4 fully saturated rings. The largest absolute Gasteiger partial charge is 0.504 e. The van der Waals surface area contributed by atoms with Crippen molar-refractivity contribution in [3.63, 3.8) is 0 Å². The summed E-state index contributed by atoms with van der Waals surface area (Å²) in [5, 5.41) is 62.4. The van der Waals surface area contributed by atoms with Crippen LogP contribution >= 0.6 is 0 Å². The number of nitrogens with zero attached hydrogens (tertiary/aromatic N) is 3. The van der Waals surface area contributed by atoms with Crippen LogP contribution in [0.2, 0.25) is 0 Å². The summed E-state index contributed by atoms with van der Waals surface area (Å²) in [5.41, 5.74) is 9.77. The molecule has 0 amide bonds. The molecule has 18 nitrogen and oxygen atoms in total. The molecule has 2 bridgehead atoms. The van der Waals surface area contributed by atoms with Gasteiger partial charge < -0.3 is 70.6 Å². The number of aromatic nitrogens is 3. The van der Waals surface area contributed by atoms with Crippen LogP contribution in [0.3, 0.4) is 0 Å². The van der Waals surface area contributed by atoms with Crippen molar-refractivity contribution in [1.82, 2.24) is 35.8 Å². The summed E-state index contributed by atoms with van der Waals surface area (Å²) in [5.74, 6) is 6.78. The number of ether oxygens (including phenoxy) is 4. The number of esters is 1. The highest BCUT2D eigenvalue weighted by Gasteiger charge is 2.59. The summed E-state index contributed by atoms with van der Waals surface area (Å²) in [6.45, 7) is 2.84. The number of carbonyl (C=O) groups is 1. The summed E-state index contributed by atoms with van der Waals surface area (Å²) in [4.78, 5) is 25.5. The summed E-state index contributed by atoms with van der Waals surface area (Å²) in [7, 11) is 0. The highest BCUT2D eigenvalue weighted by Crippen LogP contribution is 2.49. The Hall–Kier alpha value is -7.33. The van der Waals surface area contributed by atoms with Crippen molar-refractivity contribution in [2.75, 3.05) is 19.7 Å². The van der Waals surface area contributed by atoms with Crippen molar-refractivity contribution >= 4 is 22.8 Å². The lowest BCUT2D eigenvalue weighted by Gasteiger charge is -2.57. The lowest BCUT2D eigenvalue weighted by molar-refractivity contribution is -0.164. The third-order valence-electron chi connectivity index (χ3n) is 16.9. The Balaban J connectivity index is 0.958. The fourth-order valence-corrected chi connectivity index (χ4v) is 13.1. The number of aromatic hydroxyl groups is 3. The van der Waals surface area contributed by atoms with Gasteiger partial charge >= 0.3 is 5.97 Å². The number of rotatable bonds is 15. The predicted molar refractivity (Wildman–Crippen MR) is 299 cm³/mol. The van der Waals surface area contributed by atoms with Crippen LogP contribution in [0.4, 0.5) is 0 Å². The van der Waals surface area contributed by atoms with E-state index in [1.54, 1.807) is 24.5 Å². The van der Waals surface area contributed by atoms with Crippen molar-refractivity contribution in [3.05, 3.63) is 120 Å². The second-order valence-electron chi connectivity index (χ2n) is 22.4. The lowest BCUT2D eigenvalue weighted by atomic mass is 9.62. The molecule has 7 heterocycles. The van der Waals surface area contributed by atoms with E-state index in [1.807, 2.05) is 36.5 Å². The lowest BCUT2D eigenvalue weighted by Crippen LogP contribution is -2.75. The average molecular weight is 1080 g/mol. The minimum Gasteiger partial charge on any atom is -0.504 e. The Labute approximate surface area is 461 Å². The number of aliphatic hydroxyl groups is 1. The van der Waals surface area contributed by atoms with E-state index < -0.39 is 60.2 Å². The van der Waals surface area contributed by atoms with Gasteiger partial charge in [-0.2, -0.15) is 0 Å². The van der Waals surface area contributed by atoms with Crippen LogP contribution in [0, 0.1) is 29.6 Å². The summed E-state index contributed by atoms with van der Waals surface area (Å²) >= 11 is 0. The molecule has 3 aromatic heterocycles. The zero-order valence-corrected chi connectivity index (χ0v) is 44.9. The summed E-state index contributed by atoms with van der Waals surface area (Å²) in [6.07, 6.45) is 21.1. The van der Waals surface area contributed by atoms with Crippen molar-refractivity contribution < 1.29 is 44.2 Å². The molecule has 10 unspecified atom stereocenters. The minimum atomic E-state index is -0.986. The van der Waals surface area contributed by atoms with Crippen LogP contribution in [0.5, 0.6) is 28.7 Å². The second-order valence-corrected chi connectivity index (χ2v) is 22.4. The van der Waals surface area contributed by atoms with E-state index in [9.17, 15) is 25.2 Å². The highest BCUT2D eigenvalue weighted by atomic mass is 16.6. The Kier molecular flexibility index (Phi) is 16.3. The number of aliphatic hydroxyl groups excluding tert-OH is 1. The van der Waals surface area contributed by atoms with Gasteiger partial charge in [0.05, 0.1) is 47.5 Å². The summed E-state index contributed by atoms with van der Waals surface area (Å²) < 4.78 is 28.4. The zero-order chi connectivity index (χ0) is 54.5. The van der Waals surface area contributed by atoms with E-state index in [2.05, 4.69) is 72.2 Å². The molecule has 0 radical (unpaired) electrons. The molecule has 6 aliphatic rings. The molecule has 10 atom stereocenters. The van der Waals surface area contributed by atoms with Gasteiger partial charge in [-0.15, -0.1) is 5.92 Å². The Bertz CT molecular complexity index is 3070. The zero-order valence-electron chi connectivity index (χ0n) is 44.9. The number of phenols is 3. The molecular weight excluding hydrogens is 1000 g/mol. The number of hydrogen-bond donors (Lipinski definition) is 10. The first-order chi connectivity index (χ1) is 38.4. The maximum Gasteiger partial charge on any atom is 0.302 e. The molecule has 2 saturated heterocycles. The number of pyridine rings is 1. The third kappa shape index (κ3) is 12.3. The number of aromatic amines is 1. The molecule has 418 valence electrons. The van der Waals surface area contributed by atoms with Gasteiger partial charge in [0.25, 0.3) is 0 Å². The molecule has 11 rings (SSSR count). The number of fused-ring (bicyclic) bond motifs is 5. The van der Waals surface area contributed by atoms with Gasteiger partial charge in [-0.1, -0.05) is 43.4 Å². The monoisotopic (exact) mass is 1080 g/mol. The third-order valence-corrected chi connectivity index (χ3v) is 16.9. The van der Waals surface area contributed by atoms with Gasteiger partial charge in [0.1, 0.15) is 24.6 Å². The van der Waals surface area contributed by atoms with Crippen molar-refractivity contribution in [1.29, 1.82) is 0 Å². The normalized spacial score (nSPS) is 28.0. The number of nitrogens with two attached hydrogens (primary N) is 1. The van der Waals surface area contributed by atoms with Gasteiger partial charge in [-0.05, 0) is 116 Å². The van der Waals surface area contributed by atoms with Crippen LogP contribution in [0.1, 0.15) is 119 Å². The smallest absolute Gasteiger partial charge is 0.302 e. The topological polar surface area (TPSA) is 255 Å². The maximum absolute atomic E-state index is 13.0. The standard InChI is InChI=1S/C61H75N9O9/c1-37(71)77-45-32-51(79-52(33-45)43-30-49(73)57(74)54(31-43)76-26-20-39-10-7-22-63-34-39)41-11-5-14-46-50(78-53-28-40(27-41)16-17-48(53)72)15-6-21-61(46)56(59(75)67-44-12-3-2-4-13-44)58(70-35-42-19-25-64-47(42)36-70)68-60(69-61)66-23-8-9-38-18-24-65-55(62)29-38/h7,10,16-19,22,25,28-31,34-36,41,44-46,50-52,56,58-59,64-65,67,72-75H,2-4,6,8-9,11-13,15,20-21,23-24,26-27,32-33,62H2,1H3,(H2,66,68,69). The van der Waals surface area contributed by atoms with Crippen LogP contribution in [-0.2, 0) is 27.1 Å². The number of H-pyrrole nitrogens is 1. The van der Waals surface area contributed by atoms with E-state index in [0.717, 1.165) is 67.0 Å². The quantitative estimate of drug-likeness (QED) is 0.0160. The first-order valence-electron chi connectivity index (χ1n) is 28.4. The number of benzene rings is 2. The first kappa shape index (κ1) is 53.7.